The maximum Gasteiger partial charge on any atom is 0.281 e. The van der Waals surface area contributed by atoms with Crippen molar-refractivity contribution in [3.8, 4) is 0 Å². The Labute approximate surface area is 40.3 Å². The van der Waals surface area contributed by atoms with Crippen molar-refractivity contribution in [2.24, 2.45) is 0 Å². The molecule has 0 aromatic heterocycles. The van der Waals surface area contributed by atoms with Crippen LogP contribution < -0.4 is 0 Å². The minimum absolute atomic E-state index is 0.469. The van der Waals surface area contributed by atoms with Crippen molar-refractivity contribution in [1.82, 2.24) is 0 Å². The summed E-state index contributed by atoms with van der Waals surface area (Å²) in [5, 5.41) is 0. The molecule has 43 valence electrons. The summed E-state index contributed by atoms with van der Waals surface area (Å²) < 4.78 is 33.8. The molecule has 0 aromatic carbocycles. The molecule has 0 nitrogen and oxygen atoms in total. The third kappa shape index (κ3) is 2.48. The first-order chi connectivity index (χ1) is 3.12. The van der Waals surface area contributed by atoms with Gasteiger partial charge < -0.3 is 0 Å². The topological polar surface area (TPSA) is 0 Å². The lowest BCUT2D eigenvalue weighted by molar-refractivity contribution is 0.00843. The quantitative estimate of drug-likeness (QED) is 0.512. The second-order valence-electron chi connectivity index (χ2n) is 1.22. The van der Waals surface area contributed by atoms with Crippen molar-refractivity contribution in [1.29, 1.82) is 0 Å². The highest BCUT2D eigenvalue weighted by Gasteiger charge is 2.26. The maximum atomic E-state index is 11.5. The molecule has 3 heteroatoms. The van der Waals surface area contributed by atoms with Crippen LogP contribution in [-0.4, -0.2) is 5.92 Å². The van der Waals surface area contributed by atoms with Crippen LogP contribution in [-0.2, 0) is 0 Å². The maximum absolute atomic E-state index is 11.5. The second kappa shape index (κ2) is 2.19. The molecule has 0 saturated heterocycles. The van der Waals surface area contributed by atoms with Crippen LogP contribution in [0.4, 0.5) is 13.2 Å². The van der Waals surface area contributed by atoms with Crippen LogP contribution in [0.3, 0.4) is 0 Å². The summed E-state index contributed by atoms with van der Waals surface area (Å²) in [7, 11) is 0. The van der Waals surface area contributed by atoms with Gasteiger partial charge in [-0.15, -0.1) is 0 Å². The van der Waals surface area contributed by atoms with Gasteiger partial charge in [-0.25, -0.2) is 13.2 Å². The van der Waals surface area contributed by atoms with E-state index in [-0.39, 0.29) is 0 Å². The van der Waals surface area contributed by atoms with E-state index in [9.17, 15) is 13.2 Å². The Balaban J connectivity index is 3.36. The fourth-order valence-electron chi connectivity index (χ4n) is 0.0772. The average Bonchev–Trinajstić information content (AvgIpc) is 1.68. The Hall–Kier alpha value is -0.210. The Bertz CT molecular complexity index is 44.9. The zero-order valence-electron chi connectivity index (χ0n) is 3.92. The summed E-state index contributed by atoms with van der Waals surface area (Å²) in [4.78, 5) is 0. The standard InChI is InChI=1S/C4H6F3/c1-2-4(6,7)3-5/h3H,2H2,1H3. The van der Waals surface area contributed by atoms with E-state index in [2.05, 4.69) is 0 Å². The van der Waals surface area contributed by atoms with E-state index in [0.29, 0.717) is 0 Å². The summed E-state index contributed by atoms with van der Waals surface area (Å²) in [5.41, 5.74) is 0. The molecule has 0 aliphatic rings. The molecule has 0 aliphatic heterocycles. The van der Waals surface area contributed by atoms with E-state index in [4.69, 9.17) is 0 Å². The molecule has 0 aliphatic carbocycles. The van der Waals surface area contributed by atoms with Gasteiger partial charge in [-0.05, 0) is 0 Å². The summed E-state index contributed by atoms with van der Waals surface area (Å²) in [5.74, 6) is -3.21. The zero-order chi connectivity index (χ0) is 5.91. The van der Waals surface area contributed by atoms with Crippen molar-refractivity contribution in [3.63, 3.8) is 0 Å². The van der Waals surface area contributed by atoms with Gasteiger partial charge >= 0.3 is 0 Å². The molecule has 0 heterocycles. The predicted octanol–water partition coefficient (Wildman–Crippen LogP) is 2.16. The molecule has 0 spiro atoms. The van der Waals surface area contributed by atoms with Gasteiger partial charge in [0.1, 0.15) is 0 Å². The molecular formula is C4H6F3. The molecule has 0 N–H and O–H groups in total. The third-order valence-corrected chi connectivity index (χ3v) is 0.631. The normalized spacial score (nSPS) is 12.0. The van der Waals surface area contributed by atoms with Crippen molar-refractivity contribution in [2.75, 3.05) is 0 Å². The third-order valence-electron chi connectivity index (χ3n) is 0.631. The lowest BCUT2D eigenvalue weighted by Gasteiger charge is -2.04. The number of hydrogen-bond acceptors (Lipinski definition) is 0. The first-order valence-corrected chi connectivity index (χ1v) is 1.95. The van der Waals surface area contributed by atoms with Gasteiger partial charge in [-0.3, -0.25) is 0 Å². The molecule has 7 heavy (non-hydrogen) atoms. The summed E-state index contributed by atoms with van der Waals surface area (Å²) >= 11 is 0. The lowest BCUT2D eigenvalue weighted by atomic mass is 10.3. The van der Waals surface area contributed by atoms with Gasteiger partial charge in [0.25, 0.3) is 5.92 Å². The van der Waals surface area contributed by atoms with E-state index >= 15 is 0 Å². The van der Waals surface area contributed by atoms with Crippen LogP contribution in [0.2, 0.25) is 0 Å². The van der Waals surface area contributed by atoms with Crippen LogP contribution in [0.5, 0.6) is 0 Å². The predicted molar refractivity (Wildman–Crippen MR) is 20.6 cm³/mol. The highest BCUT2D eigenvalue weighted by atomic mass is 19.3. The van der Waals surface area contributed by atoms with Crippen molar-refractivity contribution < 1.29 is 13.2 Å². The molecule has 0 aromatic rings. The van der Waals surface area contributed by atoms with Gasteiger partial charge in [0.05, 0.1) is 0 Å². The van der Waals surface area contributed by atoms with Gasteiger partial charge in [0.2, 0.25) is 6.67 Å². The van der Waals surface area contributed by atoms with Crippen molar-refractivity contribution >= 4 is 0 Å². The Kier molecular flexibility index (Phi) is 2.12. The largest absolute Gasteiger partial charge is 0.281 e. The van der Waals surface area contributed by atoms with Gasteiger partial charge in [0, 0.05) is 6.42 Å². The highest BCUT2D eigenvalue weighted by Crippen LogP contribution is 2.20. The number of rotatable bonds is 2. The molecule has 0 unspecified atom stereocenters. The zero-order valence-corrected chi connectivity index (χ0v) is 3.92. The number of halogens is 3. The van der Waals surface area contributed by atoms with E-state index in [1.807, 2.05) is 0 Å². The molecule has 0 rings (SSSR count). The summed E-state index contributed by atoms with van der Waals surface area (Å²) in [6, 6.07) is 0. The number of hydrogen-bond donors (Lipinski definition) is 0. The molecule has 0 saturated carbocycles. The molecule has 0 amide bonds. The van der Waals surface area contributed by atoms with E-state index in [1.54, 1.807) is 0 Å². The first kappa shape index (κ1) is 6.79. The molecular weight excluding hydrogens is 105 g/mol. The minimum Gasteiger partial charge on any atom is -0.237 e. The van der Waals surface area contributed by atoms with Crippen LogP contribution >= 0.6 is 0 Å². The Morgan fingerprint density at radius 2 is 2.00 bits per heavy atom. The molecule has 0 bridgehead atoms. The summed E-state index contributed by atoms with van der Waals surface area (Å²) in [6.07, 6.45) is -0.469. The molecule has 0 fully saturated rings. The van der Waals surface area contributed by atoms with E-state index in [1.165, 1.54) is 6.92 Å². The van der Waals surface area contributed by atoms with Gasteiger partial charge in [0.15, 0.2) is 0 Å². The van der Waals surface area contributed by atoms with Gasteiger partial charge in [-0.2, -0.15) is 0 Å². The molecule has 0 atom stereocenters. The van der Waals surface area contributed by atoms with Crippen molar-refractivity contribution in [3.05, 3.63) is 6.67 Å². The van der Waals surface area contributed by atoms with Crippen LogP contribution in [0, 0.1) is 6.67 Å². The number of alkyl halides is 2. The van der Waals surface area contributed by atoms with E-state index in [0.717, 1.165) is 0 Å². The average molecular weight is 111 g/mol. The molecule has 1 radical (unpaired) electrons. The minimum atomic E-state index is -3.21. The fraction of sp³-hybridized carbons (Fsp3) is 0.750. The Morgan fingerprint density at radius 3 is 2.00 bits per heavy atom. The highest BCUT2D eigenvalue weighted by molar-refractivity contribution is 4.71. The SMILES string of the molecule is CCC(F)(F)[CH]F. The second-order valence-corrected chi connectivity index (χ2v) is 1.22. The smallest absolute Gasteiger partial charge is 0.237 e. The van der Waals surface area contributed by atoms with Gasteiger partial charge in [-0.1, -0.05) is 6.92 Å². The Morgan fingerprint density at radius 1 is 1.57 bits per heavy atom. The fourth-order valence-corrected chi connectivity index (χ4v) is 0.0772. The lowest BCUT2D eigenvalue weighted by Crippen LogP contribution is -2.11. The monoisotopic (exact) mass is 111 g/mol. The van der Waals surface area contributed by atoms with Crippen LogP contribution in [0.1, 0.15) is 13.3 Å². The first-order valence-electron chi connectivity index (χ1n) is 1.95. The van der Waals surface area contributed by atoms with Crippen molar-refractivity contribution in [2.45, 2.75) is 19.3 Å². The van der Waals surface area contributed by atoms with Crippen LogP contribution in [0.25, 0.3) is 0 Å². The van der Waals surface area contributed by atoms with Crippen LogP contribution in [0.15, 0.2) is 0 Å². The summed E-state index contributed by atoms with van der Waals surface area (Å²) in [6.45, 7) is 0.628. The van der Waals surface area contributed by atoms with E-state index < -0.39 is 19.0 Å².